The Balaban J connectivity index is 1.73. The second-order valence-corrected chi connectivity index (χ2v) is 5.57. The van der Waals surface area contributed by atoms with Gasteiger partial charge in [-0.05, 0) is 37.3 Å². The van der Waals surface area contributed by atoms with Crippen LogP contribution in [0.25, 0.3) is 5.70 Å². The van der Waals surface area contributed by atoms with Gasteiger partial charge in [-0.3, -0.25) is 0 Å². The molecule has 7 heteroatoms. The molecule has 4 nitrogen and oxygen atoms in total. The molecule has 0 aliphatic rings. The van der Waals surface area contributed by atoms with Gasteiger partial charge in [-0.25, -0.2) is 4.98 Å². The summed E-state index contributed by atoms with van der Waals surface area (Å²) < 4.78 is 51.2. The number of benzene rings is 2. The van der Waals surface area contributed by atoms with Gasteiger partial charge in [0.1, 0.15) is 11.5 Å². The van der Waals surface area contributed by atoms with Crippen molar-refractivity contribution in [1.82, 2.24) is 9.55 Å². The number of aromatic nitrogens is 2. The third-order valence-electron chi connectivity index (χ3n) is 3.82. The van der Waals surface area contributed by atoms with E-state index in [1.165, 1.54) is 12.1 Å². The van der Waals surface area contributed by atoms with Gasteiger partial charge in [0.05, 0.1) is 17.6 Å². The molecule has 3 rings (SSSR count). The average molecular weight is 374 g/mol. The molecule has 0 atom stereocenters. The Morgan fingerprint density at radius 1 is 1.11 bits per heavy atom. The van der Waals surface area contributed by atoms with Gasteiger partial charge in [0.15, 0.2) is 0 Å². The quantitative estimate of drug-likeness (QED) is 0.555. The SMILES string of the molecule is CC=C(c1ccccc1OCOc1cccc(C(F)(F)F)c1)n1ccnc1. The van der Waals surface area contributed by atoms with E-state index >= 15 is 0 Å². The Bertz CT molecular complexity index is 919. The summed E-state index contributed by atoms with van der Waals surface area (Å²) >= 11 is 0. The van der Waals surface area contributed by atoms with E-state index in [9.17, 15) is 13.2 Å². The first-order valence-electron chi connectivity index (χ1n) is 8.16. The summed E-state index contributed by atoms with van der Waals surface area (Å²) in [5.41, 5.74) is 0.907. The molecular formula is C20H17F3N2O2. The second-order valence-electron chi connectivity index (χ2n) is 5.57. The molecule has 0 saturated heterocycles. The van der Waals surface area contributed by atoms with Crippen LogP contribution in [0.1, 0.15) is 18.1 Å². The fourth-order valence-electron chi connectivity index (χ4n) is 2.57. The van der Waals surface area contributed by atoms with Crippen LogP contribution >= 0.6 is 0 Å². The minimum Gasteiger partial charge on any atom is -0.457 e. The molecule has 0 N–H and O–H groups in total. The number of ether oxygens (including phenoxy) is 2. The molecule has 0 aliphatic heterocycles. The van der Waals surface area contributed by atoms with Crippen molar-refractivity contribution in [3.63, 3.8) is 0 Å². The van der Waals surface area contributed by atoms with Crippen molar-refractivity contribution in [3.8, 4) is 11.5 Å². The first-order chi connectivity index (χ1) is 13.0. The highest BCUT2D eigenvalue weighted by molar-refractivity contribution is 5.70. The third kappa shape index (κ3) is 4.49. The molecule has 2 aromatic carbocycles. The lowest BCUT2D eigenvalue weighted by molar-refractivity contribution is -0.137. The predicted octanol–water partition coefficient (Wildman–Crippen LogP) is 5.23. The van der Waals surface area contributed by atoms with Crippen molar-refractivity contribution in [2.24, 2.45) is 0 Å². The van der Waals surface area contributed by atoms with Gasteiger partial charge >= 0.3 is 6.18 Å². The van der Waals surface area contributed by atoms with Crippen LogP contribution in [0.15, 0.2) is 73.3 Å². The summed E-state index contributed by atoms with van der Waals surface area (Å²) in [4.78, 5) is 4.04. The first kappa shape index (κ1) is 18.6. The smallest absolute Gasteiger partial charge is 0.416 e. The second kappa shape index (κ2) is 7.99. The molecular weight excluding hydrogens is 357 g/mol. The minimum atomic E-state index is -4.42. The maximum Gasteiger partial charge on any atom is 0.416 e. The number of nitrogens with zero attached hydrogens (tertiary/aromatic N) is 2. The van der Waals surface area contributed by atoms with Crippen molar-refractivity contribution in [2.45, 2.75) is 13.1 Å². The van der Waals surface area contributed by atoms with Crippen LogP contribution in [0.4, 0.5) is 13.2 Å². The lowest BCUT2D eigenvalue weighted by atomic mass is 10.1. The van der Waals surface area contributed by atoms with Crippen LogP contribution in [0.5, 0.6) is 11.5 Å². The standard InChI is InChI=1S/C20H17F3N2O2/c1-2-18(25-11-10-24-13-25)17-8-3-4-9-19(17)27-14-26-16-7-5-6-15(12-16)20(21,22)23/h2-13H,14H2,1H3. The third-order valence-corrected chi connectivity index (χ3v) is 3.82. The van der Waals surface area contributed by atoms with Gasteiger partial charge in [0.2, 0.25) is 6.79 Å². The van der Waals surface area contributed by atoms with E-state index in [4.69, 9.17) is 9.47 Å². The highest BCUT2D eigenvalue weighted by Gasteiger charge is 2.30. The van der Waals surface area contributed by atoms with Crippen LogP contribution < -0.4 is 9.47 Å². The van der Waals surface area contributed by atoms with Crippen molar-refractivity contribution >= 4 is 5.70 Å². The number of para-hydroxylation sites is 1. The molecule has 1 heterocycles. The molecule has 0 fully saturated rings. The zero-order chi connectivity index (χ0) is 19.3. The zero-order valence-electron chi connectivity index (χ0n) is 14.5. The van der Waals surface area contributed by atoms with Gasteiger partial charge in [-0.2, -0.15) is 13.2 Å². The number of rotatable bonds is 6. The zero-order valence-corrected chi connectivity index (χ0v) is 14.5. The number of hydrogen-bond acceptors (Lipinski definition) is 3. The van der Waals surface area contributed by atoms with E-state index in [-0.39, 0.29) is 12.5 Å². The van der Waals surface area contributed by atoms with Crippen LogP contribution in [0.2, 0.25) is 0 Å². The maximum atomic E-state index is 12.8. The van der Waals surface area contributed by atoms with Crippen molar-refractivity contribution in [1.29, 1.82) is 0 Å². The van der Waals surface area contributed by atoms with Crippen LogP contribution in [0, 0.1) is 0 Å². The van der Waals surface area contributed by atoms with Crippen LogP contribution in [-0.2, 0) is 6.18 Å². The molecule has 27 heavy (non-hydrogen) atoms. The lowest BCUT2D eigenvalue weighted by Crippen LogP contribution is -2.09. The Labute approximate surface area is 154 Å². The number of allylic oxidation sites excluding steroid dienone is 1. The molecule has 0 aliphatic carbocycles. The molecule has 0 unspecified atom stereocenters. The van der Waals surface area contributed by atoms with Gasteiger partial charge in [0.25, 0.3) is 0 Å². The monoisotopic (exact) mass is 374 g/mol. The maximum absolute atomic E-state index is 12.8. The average Bonchev–Trinajstić information content (AvgIpc) is 3.18. The molecule has 140 valence electrons. The Morgan fingerprint density at radius 3 is 2.63 bits per heavy atom. The predicted molar refractivity (Wildman–Crippen MR) is 95.3 cm³/mol. The lowest BCUT2D eigenvalue weighted by Gasteiger charge is -2.15. The number of alkyl halides is 3. The topological polar surface area (TPSA) is 36.3 Å². The molecule has 0 radical (unpaired) electrons. The summed E-state index contributed by atoms with van der Waals surface area (Å²) in [6, 6.07) is 12.0. The summed E-state index contributed by atoms with van der Waals surface area (Å²) in [5.74, 6) is 0.634. The highest BCUT2D eigenvalue weighted by atomic mass is 19.4. The van der Waals surface area contributed by atoms with E-state index in [1.807, 2.05) is 42.0 Å². The Kier molecular flexibility index (Phi) is 5.49. The van der Waals surface area contributed by atoms with Crippen molar-refractivity contribution in [3.05, 3.63) is 84.5 Å². The number of hydrogen-bond donors (Lipinski definition) is 0. The minimum absolute atomic E-state index is 0.0863. The summed E-state index contributed by atoms with van der Waals surface area (Å²) in [7, 11) is 0. The van der Waals surface area contributed by atoms with Crippen LogP contribution in [-0.4, -0.2) is 16.3 Å². The molecule has 0 saturated carbocycles. The van der Waals surface area contributed by atoms with Gasteiger partial charge < -0.3 is 14.0 Å². The molecule has 0 bridgehead atoms. The molecule has 3 aromatic rings. The van der Waals surface area contributed by atoms with E-state index in [1.54, 1.807) is 18.6 Å². The fourth-order valence-corrected chi connectivity index (χ4v) is 2.57. The highest BCUT2D eigenvalue weighted by Crippen LogP contribution is 2.31. The van der Waals surface area contributed by atoms with Crippen molar-refractivity contribution in [2.75, 3.05) is 6.79 Å². The van der Waals surface area contributed by atoms with Gasteiger partial charge in [-0.1, -0.05) is 24.3 Å². The fraction of sp³-hybridized carbons (Fsp3) is 0.150. The van der Waals surface area contributed by atoms with Crippen molar-refractivity contribution < 1.29 is 22.6 Å². The first-order valence-corrected chi connectivity index (χ1v) is 8.16. The van der Waals surface area contributed by atoms with E-state index in [0.29, 0.717) is 5.75 Å². The largest absolute Gasteiger partial charge is 0.457 e. The Morgan fingerprint density at radius 2 is 1.93 bits per heavy atom. The molecule has 1 aromatic heterocycles. The van der Waals surface area contributed by atoms with Gasteiger partial charge in [0, 0.05) is 18.0 Å². The molecule has 0 amide bonds. The summed E-state index contributed by atoms with van der Waals surface area (Å²) in [6.45, 7) is 1.67. The van der Waals surface area contributed by atoms with E-state index < -0.39 is 11.7 Å². The Hall–Kier alpha value is -3.22. The van der Waals surface area contributed by atoms with E-state index in [2.05, 4.69) is 4.98 Å². The molecule has 0 spiro atoms. The number of halogens is 3. The normalized spacial score (nSPS) is 12.1. The summed E-state index contributed by atoms with van der Waals surface area (Å²) in [5, 5.41) is 0. The van der Waals surface area contributed by atoms with Gasteiger partial charge in [-0.15, -0.1) is 0 Å². The van der Waals surface area contributed by atoms with Crippen LogP contribution in [0.3, 0.4) is 0 Å². The number of imidazole rings is 1. The summed E-state index contributed by atoms with van der Waals surface area (Å²) in [6.07, 6.45) is 2.65. The van der Waals surface area contributed by atoms with E-state index in [0.717, 1.165) is 23.4 Å².